The average molecular weight is 742 g/mol. The van der Waals surface area contributed by atoms with Gasteiger partial charge in [-0.25, -0.2) is 4.98 Å². The Labute approximate surface area is 272 Å². The average Bonchev–Trinajstić information content (AvgIpc) is 3.44. The number of aromatic nitrogens is 2. The summed E-state index contributed by atoms with van der Waals surface area (Å²) in [6.07, 6.45) is 1.56. The molecule has 0 bridgehead atoms. The molecular weight excluding hydrogens is 721 g/mol. The molecule has 2 aromatic heterocycles. The number of benzene rings is 4. The van der Waals surface area contributed by atoms with Gasteiger partial charge in [-0.3, -0.25) is 4.79 Å². The first kappa shape index (κ1) is 29.4. The third-order valence-corrected chi connectivity index (χ3v) is 9.28. The van der Waals surface area contributed by atoms with Crippen molar-refractivity contribution in [3.8, 4) is 23.1 Å². The molecule has 0 aliphatic carbocycles. The first-order valence-electron chi connectivity index (χ1n) is 13.1. The largest absolute Gasteiger partial charge is 0.490 e. The quantitative estimate of drug-likeness (QED) is 0.145. The van der Waals surface area contributed by atoms with E-state index in [0.717, 1.165) is 10.9 Å². The summed E-state index contributed by atoms with van der Waals surface area (Å²) in [6.45, 7) is 2.46. The summed E-state index contributed by atoms with van der Waals surface area (Å²) in [6, 6.07) is 23.6. The van der Waals surface area contributed by atoms with Crippen LogP contribution in [0.4, 0.5) is 0 Å². The van der Waals surface area contributed by atoms with Crippen LogP contribution in [0.2, 0.25) is 10.0 Å². The van der Waals surface area contributed by atoms with E-state index in [1.165, 1.54) is 4.68 Å². The van der Waals surface area contributed by atoms with Crippen molar-refractivity contribution in [3.63, 3.8) is 0 Å². The fourth-order valence-electron chi connectivity index (χ4n) is 4.49. The third-order valence-electron chi connectivity index (χ3n) is 6.55. The molecule has 0 saturated heterocycles. The van der Waals surface area contributed by atoms with Crippen molar-refractivity contribution in [2.45, 2.75) is 13.5 Å². The standard InChI is InChI=1S/C32H21Br2Cl2N3O4/c1-2-41-26-14-20(28(33)29(34)30(26)42-17-19-11-12-21(35)15-23(19)36)16-37-39-31(27-13-18-7-3-6-10-25(18)43-27)38-24-9-5-4-8-22(24)32(39)40/h3-16H,2,17H2,1H3. The van der Waals surface area contributed by atoms with Crippen molar-refractivity contribution < 1.29 is 13.9 Å². The number of hydrogen-bond acceptors (Lipinski definition) is 6. The predicted molar refractivity (Wildman–Crippen MR) is 178 cm³/mol. The molecule has 0 amide bonds. The number of furan rings is 1. The number of halogens is 4. The Bertz CT molecular complexity index is 2060. The highest BCUT2D eigenvalue weighted by Crippen LogP contribution is 2.43. The maximum atomic E-state index is 13.7. The van der Waals surface area contributed by atoms with E-state index in [2.05, 4.69) is 37.0 Å². The van der Waals surface area contributed by atoms with Crippen molar-refractivity contribution in [3.05, 3.63) is 119 Å². The molecule has 6 aromatic rings. The molecule has 6 rings (SSSR count). The van der Waals surface area contributed by atoms with Crippen molar-refractivity contribution in [2.75, 3.05) is 6.61 Å². The topological polar surface area (TPSA) is 78.9 Å². The molecule has 0 unspecified atom stereocenters. The van der Waals surface area contributed by atoms with Crippen molar-refractivity contribution in [1.29, 1.82) is 0 Å². The monoisotopic (exact) mass is 739 g/mol. The molecule has 0 fully saturated rings. The first-order chi connectivity index (χ1) is 20.8. The zero-order valence-corrected chi connectivity index (χ0v) is 27.2. The minimum absolute atomic E-state index is 0.188. The van der Waals surface area contributed by atoms with Crippen LogP contribution in [0.3, 0.4) is 0 Å². The van der Waals surface area contributed by atoms with Gasteiger partial charge in [-0.1, -0.05) is 59.6 Å². The Hall–Kier alpha value is -3.63. The van der Waals surface area contributed by atoms with Crippen LogP contribution in [0.25, 0.3) is 33.5 Å². The van der Waals surface area contributed by atoms with Gasteiger partial charge < -0.3 is 13.9 Å². The molecule has 0 N–H and O–H groups in total. The lowest BCUT2D eigenvalue weighted by molar-refractivity contribution is 0.267. The molecule has 7 nitrogen and oxygen atoms in total. The number of fused-ring (bicyclic) bond motifs is 2. The lowest BCUT2D eigenvalue weighted by Gasteiger charge is -2.17. The molecule has 216 valence electrons. The Morgan fingerprint density at radius 1 is 0.977 bits per heavy atom. The minimum atomic E-state index is -0.336. The fraction of sp³-hybridized carbons (Fsp3) is 0.0938. The molecule has 0 radical (unpaired) electrons. The van der Waals surface area contributed by atoms with Crippen molar-refractivity contribution in [1.82, 2.24) is 9.66 Å². The number of hydrogen-bond donors (Lipinski definition) is 0. The van der Waals surface area contributed by atoms with E-state index in [-0.39, 0.29) is 18.0 Å². The minimum Gasteiger partial charge on any atom is -0.490 e. The number of nitrogens with zero attached hydrogens (tertiary/aromatic N) is 3. The Kier molecular flexibility index (Phi) is 8.59. The van der Waals surface area contributed by atoms with Crippen LogP contribution in [0.1, 0.15) is 18.1 Å². The van der Waals surface area contributed by atoms with Crippen molar-refractivity contribution in [2.24, 2.45) is 5.10 Å². The second-order valence-electron chi connectivity index (χ2n) is 9.34. The van der Waals surface area contributed by atoms with E-state index in [9.17, 15) is 4.79 Å². The van der Waals surface area contributed by atoms with Gasteiger partial charge in [-0.15, -0.1) is 0 Å². The summed E-state index contributed by atoms with van der Waals surface area (Å²) in [5.74, 6) is 1.65. The normalized spacial score (nSPS) is 11.6. The molecule has 2 heterocycles. The van der Waals surface area contributed by atoms with E-state index in [0.29, 0.717) is 64.9 Å². The van der Waals surface area contributed by atoms with Crippen LogP contribution in [0.15, 0.2) is 102 Å². The Morgan fingerprint density at radius 2 is 1.77 bits per heavy atom. The van der Waals surface area contributed by atoms with Crippen LogP contribution in [0, 0.1) is 0 Å². The van der Waals surface area contributed by atoms with E-state index < -0.39 is 0 Å². The highest BCUT2D eigenvalue weighted by atomic mass is 79.9. The molecule has 0 saturated carbocycles. The number of ether oxygens (including phenoxy) is 2. The van der Waals surface area contributed by atoms with Gasteiger partial charge in [-0.2, -0.15) is 9.78 Å². The first-order valence-corrected chi connectivity index (χ1v) is 15.4. The highest BCUT2D eigenvalue weighted by molar-refractivity contribution is 9.13. The molecule has 0 aliphatic rings. The van der Waals surface area contributed by atoms with Crippen LogP contribution >= 0.6 is 55.1 Å². The van der Waals surface area contributed by atoms with E-state index >= 15 is 0 Å². The van der Waals surface area contributed by atoms with Gasteiger partial charge >= 0.3 is 0 Å². The van der Waals surface area contributed by atoms with Gasteiger partial charge in [-0.05, 0) is 81.2 Å². The summed E-state index contributed by atoms with van der Waals surface area (Å²) >= 11 is 19.7. The summed E-state index contributed by atoms with van der Waals surface area (Å²) in [5, 5.41) is 6.96. The summed E-state index contributed by atoms with van der Waals surface area (Å²) < 4.78 is 20.6. The summed E-state index contributed by atoms with van der Waals surface area (Å²) in [5.41, 5.74) is 2.28. The highest BCUT2D eigenvalue weighted by Gasteiger charge is 2.19. The number of para-hydroxylation sites is 2. The van der Waals surface area contributed by atoms with E-state index in [4.69, 9.17) is 42.1 Å². The second kappa shape index (κ2) is 12.5. The van der Waals surface area contributed by atoms with Gasteiger partial charge in [0.2, 0.25) is 5.82 Å². The molecule has 0 aliphatic heterocycles. The molecule has 43 heavy (non-hydrogen) atoms. The smallest absolute Gasteiger partial charge is 0.282 e. The molecule has 4 aromatic carbocycles. The lowest BCUT2D eigenvalue weighted by Crippen LogP contribution is -2.20. The van der Waals surface area contributed by atoms with E-state index in [1.54, 1.807) is 42.6 Å². The summed E-state index contributed by atoms with van der Waals surface area (Å²) in [7, 11) is 0. The van der Waals surface area contributed by atoms with E-state index in [1.807, 2.05) is 49.4 Å². The third kappa shape index (κ3) is 5.95. The molecular formula is C32H21Br2Cl2N3O4. The lowest BCUT2D eigenvalue weighted by atomic mass is 10.2. The van der Waals surface area contributed by atoms with Crippen LogP contribution < -0.4 is 15.0 Å². The van der Waals surface area contributed by atoms with Gasteiger partial charge in [0, 0.05) is 31.0 Å². The fourth-order valence-corrected chi connectivity index (χ4v) is 5.89. The molecule has 11 heteroatoms. The molecule has 0 spiro atoms. The maximum absolute atomic E-state index is 13.7. The predicted octanol–water partition coefficient (Wildman–Crippen LogP) is 9.50. The van der Waals surface area contributed by atoms with Crippen molar-refractivity contribution >= 4 is 83.1 Å². The zero-order valence-electron chi connectivity index (χ0n) is 22.5. The Morgan fingerprint density at radius 3 is 2.56 bits per heavy atom. The molecule has 0 atom stereocenters. The van der Waals surface area contributed by atoms with Crippen LogP contribution in [-0.4, -0.2) is 22.5 Å². The van der Waals surface area contributed by atoms with Gasteiger partial charge in [0.1, 0.15) is 12.2 Å². The van der Waals surface area contributed by atoms with Gasteiger partial charge in [0.15, 0.2) is 17.3 Å². The van der Waals surface area contributed by atoms with Gasteiger partial charge in [0.05, 0.1) is 28.2 Å². The van der Waals surface area contributed by atoms with Crippen LogP contribution in [0.5, 0.6) is 11.5 Å². The Balaban J connectivity index is 1.43. The summed E-state index contributed by atoms with van der Waals surface area (Å²) in [4.78, 5) is 18.4. The van der Waals surface area contributed by atoms with Gasteiger partial charge in [0.25, 0.3) is 5.56 Å². The number of rotatable bonds is 8. The zero-order chi connectivity index (χ0) is 30.1. The SMILES string of the molecule is CCOc1cc(C=Nn2c(-c3cc4ccccc4o3)nc3ccccc3c2=O)c(Br)c(Br)c1OCc1ccc(Cl)cc1Cl. The second-order valence-corrected chi connectivity index (χ2v) is 11.8. The maximum Gasteiger partial charge on any atom is 0.282 e. The van der Waals surface area contributed by atoms with Crippen LogP contribution in [-0.2, 0) is 6.61 Å².